The minimum Gasteiger partial charge on any atom is -0.503 e. The molecule has 2 amide bonds. The summed E-state index contributed by atoms with van der Waals surface area (Å²) < 4.78 is 0. The van der Waals surface area contributed by atoms with Crippen LogP contribution in [-0.2, 0) is 21.0 Å². The average molecular weight is 301 g/mol. The molecule has 22 heavy (non-hydrogen) atoms. The van der Waals surface area contributed by atoms with Crippen LogP contribution in [0.1, 0.15) is 11.1 Å². The van der Waals surface area contributed by atoms with E-state index < -0.39 is 17.6 Å². The maximum Gasteiger partial charge on any atom is 0.289 e. The number of amides is 2. The smallest absolute Gasteiger partial charge is 0.289 e. The monoisotopic (exact) mass is 301 g/mol. The molecule has 1 aliphatic rings. The Balaban J connectivity index is 2.16. The van der Waals surface area contributed by atoms with Crippen LogP contribution < -0.4 is 0 Å². The predicted molar refractivity (Wildman–Crippen MR) is 76.0 cm³/mol. The van der Waals surface area contributed by atoms with Crippen LogP contribution in [0.5, 0.6) is 0 Å². The van der Waals surface area contributed by atoms with E-state index in [2.05, 4.69) is 0 Å². The molecule has 114 valence electrons. The van der Waals surface area contributed by atoms with Crippen molar-refractivity contribution in [1.29, 1.82) is 5.26 Å². The van der Waals surface area contributed by atoms with Crippen LogP contribution in [0.3, 0.4) is 0 Å². The Morgan fingerprint density at radius 2 is 2.09 bits per heavy atom. The van der Waals surface area contributed by atoms with E-state index in [1.54, 1.807) is 24.3 Å². The highest BCUT2D eigenvalue weighted by Crippen LogP contribution is 2.19. The van der Waals surface area contributed by atoms with Gasteiger partial charge in [-0.15, -0.1) is 0 Å². The van der Waals surface area contributed by atoms with E-state index >= 15 is 0 Å². The van der Waals surface area contributed by atoms with E-state index in [0.29, 0.717) is 5.56 Å². The molecular weight excluding hydrogens is 286 g/mol. The first kappa shape index (κ1) is 15.5. The maximum absolute atomic E-state index is 12.4. The van der Waals surface area contributed by atoms with Crippen LogP contribution >= 0.6 is 0 Å². The number of likely N-dealkylation sites (N-methyl/N-ethyl adjacent to an activating group) is 1. The second-order valence-corrected chi connectivity index (χ2v) is 4.82. The van der Waals surface area contributed by atoms with Gasteiger partial charge in [0.25, 0.3) is 11.8 Å². The molecule has 2 rings (SSSR count). The minimum atomic E-state index is -0.585. The van der Waals surface area contributed by atoms with E-state index in [9.17, 15) is 14.7 Å². The van der Waals surface area contributed by atoms with Gasteiger partial charge in [0.2, 0.25) is 0 Å². The van der Waals surface area contributed by atoms with E-state index in [0.717, 1.165) is 10.6 Å². The number of nitriles is 1. The molecule has 1 aliphatic heterocycles. The summed E-state index contributed by atoms with van der Waals surface area (Å²) in [5, 5.41) is 19.5. The Bertz CT molecular complexity index is 673. The van der Waals surface area contributed by atoms with Crippen molar-refractivity contribution in [1.82, 2.24) is 9.96 Å². The van der Waals surface area contributed by atoms with Crippen molar-refractivity contribution in [2.75, 3.05) is 20.7 Å². The second kappa shape index (κ2) is 6.28. The number of hydroxylamine groups is 2. The summed E-state index contributed by atoms with van der Waals surface area (Å²) in [6, 6.07) is 8.69. The van der Waals surface area contributed by atoms with Crippen LogP contribution in [-0.4, -0.2) is 47.6 Å². The first-order valence-corrected chi connectivity index (χ1v) is 6.50. The van der Waals surface area contributed by atoms with Gasteiger partial charge in [0, 0.05) is 7.05 Å². The molecule has 1 N–H and O–H groups in total. The van der Waals surface area contributed by atoms with Gasteiger partial charge in [-0.1, -0.05) is 12.1 Å². The van der Waals surface area contributed by atoms with Crippen molar-refractivity contribution in [2.45, 2.75) is 6.54 Å². The molecule has 0 saturated carbocycles. The molecule has 7 heteroatoms. The number of hydrogen-bond acceptors (Lipinski definition) is 5. The number of carbonyl (C=O) groups excluding carboxylic acids is 2. The lowest BCUT2D eigenvalue weighted by Gasteiger charge is -2.20. The summed E-state index contributed by atoms with van der Waals surface area (Å²) in [6.45, 7) is 0.173. The molecule has 7 nitrogen and oxygen atoms in total. The molecule has 1 aromatic carbocycles. The summed E-state index contributed by atoms with van der Waals surface area (Å²) in [6.07, 6.45) is 0. The lowest BCUT2D eigenvalue weighted by Crippen LogP contribution is -2.32. The van der Waals surface area contributed by atoms with Gasteiger partial charge in [0.1, 0.15) is 0 Å². The molecule has 0 spiro atoms. The third-order valence-corrected chi connectivity index (χ3v) is 3.34. The van der Waals surface area contributed by atoms with Crippen molar-refractivity contribution >= 4 is 11.8 Å². The molecule has 1 aromatic rings. The summed E-state index contributed by atoms with van der Waals surface area (Å²) in [5.74, 6) is -1.70. The molecule has 1 heterocycles. The van der Waals surface area contributed by atoms with Crippen molar-refractivity contribution < 1.29 is 19.5 Å². The Morgan fingerprint density at radius 3 is 2.55 bits per heavy atom. The number of aliphatic hydroxyl groups excluding tert-OH is 1. The van der Waals surface area contributed by atoms with Crippen LogP contribution in [0.4, 0.5) is 0 Å². The quantitative estimate of drug-likeness (QED) is 0.827. The fourth-order valence-electron chi connectivity index (χ4n) is 2.08. The number of carbonyl (C=O) groups is 2. The Labute approximate surface area is 127 Å². The van der Waals surface area contributed by atoms with Gasteiger partial charge in [-0.25, -0.2) is 5.06 Å². The molecular formula is C15H15N3O4. The Morgan fingerprint density at radius 1 is 1.45 bits per heavy atom. The van der Waals surface area contributed by atoms with Gasteiger partial charge in [0.05, 0.1) is 37.4 Å². The van der Waals surface area contributed by atoms with Crippen molar-refractivity contribution in [3.05, 3.63) is 46.7 Å². The van der Waals surface area contributed by atoms with Gasteiger partial charge in [-0.05, 0) is 17.7 Å². The van der Waals surface area contributed by atoms with Crippen LogP contribution in [0.15, 0.2) is 35.6 Å². The molecule has 0 radical (unpaired) electrons. The zero-order chi connectivity index (χ0) is 16.3. The highest BCUT2D eigenvalue weighted by molar-refractivity contribution is 6.06. The fourth-order valence-corrected chi connectivity index (χ4v) is 2.08. The van der Waals surface area contributed by atoms with Crippen LogP contribution in [0.25, 0.3) is 0 Å². The minimum absolute atomic E-state index is 0.00277. The van der Waals surface area contributed by atoms with Crippen molar-refractivity contribution in [3.63, 3.8) is 0 Å². The zero-order valence-electron chi connectivity index (χ0n) is 12.2. The lowest BCUT2D eigenvalue weighted by atomic mass is 10.1. The van der Waals surface area contributed by atoms with E-state index in [1.165, 1.54) is 19.1 Å². The molecule has 0 unspecified atom stereocenters. The number of aliphatic hydroxyl groups is 1. The largest absolute Gasteiger partial charge is 0.503 e. The highest BCUT2D eigenvalue weighted by atomic mass is 16.7. The molecule has 0 aromatic heterocycles. The summed E-state index contributed by atoms with van der Waals surface area (Å²) in [4.78, 5) is 30.2. The van der Waals surface area contributed by atoms with Crippen LogP contribution in [0, 0.1) is 11.3 Å². The van der Waals surface area contributed by atoms with Crippen molar-refractivity contribution in [2.24, 2.45) is 0 Å². The lowest BCUT2D eigenvalue weighted by molar-refractivity contribution is -0.174. The molecule has 0 fully saturated rings. The van der Waals surface area contributed by atoms with E-state index in [-0.39, 0.29) is 18.7 Å². The van der Waals surface area contributed by atoms with Gasteiger partial charge in [-0.3, -0.25) is 14.4 Å². The maximum atomic E-state index is 12.4. The summed E-state index contributed by atoms with van der Waals surface area (Å²) in [5.41, 5.74) is 1.28. The van der Waals surface area contributed by atoms with Gasteiger partial charge < -0.3 is 10.0 Å². The van der Waals surface area contributed by atoms with Crippen molar-refractivity contribution in [3.8, 4) is 6.07 Å². The number of hydrogen-bond donors (Lipinski definition) is 1. The normalized spacial score (nSPS) is 14.2. The fraction of sp³-hybridized carbons (Fsp3) is 0.267. The Kier molecular flexibility index (Phi) is 4.44. The standard InChI is InChI=1S/C15H15N3O4/c1-17-9-12(13(19)15(17)21)14(20)18(22-2)8-11-5-3-10(7-16)4-6-11/h3-6,19H,8-9H2,1-2H3. The molecule has 0 bridgehead atoms. The van der Waals surface area contributed by atoms with E-state index in [4.69, 9.17) is 10.1 Å². The molecule has 0 saturated heterocycles. The molecule has 0 atom stereocenters. The summed E-state index contributed by atoms with van der Waals surface area (Å²) >= 11 is 0. The van der Waals surface area contributed by atoms with Gasteiger partial charge in [-0.2, -0.15) is 5.26 Å². The number of rotatable bonds is 4. The second-order valence-electron chi connectivity index (χ2n) is 4.82. The average Bonchev–Trinajstić information content (AvgIpc) is 2.80. The van der Waals surface area contributed by atoms with Crippen LogP contribution in [0.2, 0.25) is 0 Å². The predicted octanol–water partition coefficient (Wildman–Crippen LogP) is 0.732. The first-order valence-electron chi connectivity index (χ1n) is 6.50. The van der Waals surface area contributed by atoms with Gasteiger partial charge >= 0.3 is 0 Å². The van der Waals surface area contributed by atoms with E-state index in [1.807, 2.05) is 6.07 Å². The third-order valence-electron chi connectivity index (χ3n) is 3.34. The zero-order valence-corrected chi connectivity index (χ0v) is 12.2. The van der Waals surface area contributed by atoms with Gasteiger partial charge in [0.15, 0.2) is 5.76 Å². The first-order chi connectivity index (χ1) is 10.5. The molecule has 0 aliphatic carbocycles. The summed E-state index contributed by atoms with van der Waals surface area (Å²) in [7, 11) is 2.83. The number of nitrogens with zero attached hydrogens (tertiary/aromatic N) is 3. The number of benzene rings is 1. The topological polar surface area (TPSA) is 93.9 Å². The Hall–Kier alpha value is -2.85. The third kappa shape index (κ3) is 2.92. The SMILES string of the molecule is CON(Cc1ccc(C#N)cc1)C(=O)C1=C(O)C(=O)N(C)C1. The highest BCUT2D eigenvalue weighted by Gasteiger charge is 2.34.